The predicted molar refractivity (Wildman–Crippen MR) is 159 cm³/mol. The van der Waals surface area contributed by atoms with Gasteiger partial charge < -0.3 is 10.2 Å². The molecule has 0 saturated carbocycles. The van der Waals surface area contributed by atoms with Gasteiger partial charge in [-0.2, -0.15) is 0 Å². The summed E-state index contributed by atoms with van der Waals surface area (Å²) >= 11 is 0. The number of nitrogens with zero attached hydrogens (tertiary/aromatic N) is 2. The predicted octanol–water partition coefficient (Wildman–Crippen LogP) is 9.03. The number of carbonyl (C=O) groups is 1. The highest BCUT2D eigenvalue weighted by Crippen LogP contribution is 2.21. The number of aliphatic imine (C=N–C) groups is 1. The maximum absolute atomic E-state index is 13.5. The van der Waals surface area contributed by atoms with Gasteiger partial charge in [0.05, 0.1) is 5.69 Å². The minimum absolute atomic E-state index is 0.00290. The summed E-state index contributed by atoms with van der Waals surface area (Å²) in [7, 11) is 0. The number of amides is 1. The van der Waals surface area contributed by atoms with Gasteiger partial charge in [0.2, 0.25) is 5.91 Å². The molecule has 0 bridgehead atoms. The molecule has 0 saturated heterocycles. The molecule has 196 valence electrons. The fourth-order valence-corrected chi connectivity index (χ4v) is 4.44. The van der Waals surface area contributed by atoms with Crippen LogP contribution in [0.4, 0.5) is 17.1 Å². The van der Waals surface area contributed by atoms with Crippen molar-refractivity contribution in [2.75, 3.05) is 16.8 Å². The van der Waals surface area contributed by atoms with Gasteiger partial charge in [-0.25, -0.2) is 4.99 Å². The number of hydrogen-bond donors (Lipinski definition) is 1. The normalized spacial score (nSPS) is 12.2. The van der Waals surface area contributed by atoms with E-state index in [0.717, 1.165) is 35.7 Å². The van der Waals surface area contributed by atoms with E-state index >= 15 is 0 Å². The minimum Gasteiger partial charge on any atom is -0.343 e. The number of hydrogen-bond acceptors (Lipinski definition) is 2. The summed E-state index contributed by atoms with van der Waals surface area (Å²) in [6, 6.07) is 30.1. The molecule has 0 spiro atoms. The third-order valence-corrected chi connectivity index (χ3v) is 6.59. The fraction of sp³-hybridized carbons (Fsp3) is 0.394. The van der Waals surface area contributed by atoms with Crippen molar-refractivity contribution < 1.29 is 4.79 Å². The Labute approximate surface area is 223 Å². The lowest BCUT2D eigenvalue weighted by Gasteiger charge is -2.27. The van der Waals surface area contributed by atoms with Gasteiger partial charge >= 0.3 is 0 Å². The molecule has 0 radical (unpaired) electrons. The highest BCUT2D eigenvalue weighted by molar-refractivity contribution is 6.00. The summed E-state index contributed by atoms with van der Waals surface area (Å²) in [4.78, 5) is 20.3. The molecule has 3 rings (SSSR count). The van der Waals surface area contributed by atoms with E-state index in [1.54, 1.807) is 0 Å². The molecule has 3 aromatic carbocycles. The van der Waals surface area contributed by atoms with E-state index in [4.69, 9.17) is 4.99 Å². The van der Waals surface area contributed by atoms with Crippen LogP contribution in [0.25, 0.3) is 0 Å². The van der Waals surface area contributed by atoms with E-state index in [0.29, 0.717) is 13.0 Å². The first-order chi connectivity index (χ1) is 18.2. The van der Waals surface area contributed by atoms with Crippen LogP contribution < -0.4 is 10.2 Å². The molecule has 0 fully saturated rings. The van der Waals surface area contributed by atoms with Crippen LogP contribution in [0.5, 0.6) is 0 Å². The summed E-state index contributed by atoms with van der Waals surface area (Å²) in [6.07, 6.45) is 10.4. The first kappa shape index (κ1) is 28.2. The van der Waals surface area contributed by atoms with Crippen molar-refractivity contribution in [2.24, 2.45) is 10.9 Å². The largest absolute Gasteiger partial charge is 0.343 e. The van der Waals surface area contributed by atoms with Crippen molar-refractivity contribution in [3.63, 3.8) is 0 Å². The van der Waals surface area contributed by atoms with Gasteiger partial charge in [0.1, 0.15) is 5.84 Å². The Balaban J connectivity index is 1.69. The molecule has 1 amide bonds. The first-order valence-electron chi connectivity index (χ1n) is 14.0. The highest BCUT2D eigenvalue weighted by atomic mass is 16.2. The quantitative estimate of drug-likeness (QED) is 0.129. The molecule has 0 aliphatic heterocycles. The van der Waals surface area contributed by atoms with E-state index in [2.05, 4.69) is 19.2 Å². The Morgan fingerprint density at radius 3 is 1.92 bits per heavy atom. The van der Waals surface area contributed by atoms with Gasteiger partial charge in [-0.05, 0) is 42.8 Å². The lowest BCUT2D eigenvalue weighted by molar-refractivity contribution is -0.118. The van der Waals surface area contributed by atoms with Gasteiger partial charge in [0.25, 0.3) is 0 Å². The molecule has 1 N–H and O–H groups in total. The Morgan fingerprint density at radius 2 is 1.30 bits per heavy atom. The first-order valence-corrected chi connectivity index (χ1v) is 14.0. The smallest absolute Gasteiger partial charge is 0.226 e. The summed E-state index contributed by atoms with van der Waals surface area (Å²) in [5, 5.41) is 3.52. The van der Waals surface area contributed by atoms with Gasteiger partial charge in [-0.1, -0.05) is 113 Å². The second-order valence-electron chi connectivity index (χ2n) is 9.79. The van der Waals surface area contributed by atoms with Gasteiger partial charge in [-0.15, -0.1) is 0 Å². The summed E-state index contributed by atoms with van der Waals surface area (Å²) < 4.78 is 0. The molecular weight excluding hydrogens is 454 g/mol. The van der Waals surface area contributed by atoms with Crippen molar-refractivity contribution in [1.29, 1.82) is 0 Å². The third kappa shape index (κ3) is 10.2. The summed E-state index contributed by atoms with van der Waals surface area (Å²) in [6.45, 7) is 4.95. The zero-order valence-electron chi connectivity index (χ0n) is 22.6. The van der Waals surface area contributed by atoms with Crippen molar-refractivity contribution in [1.82, 2.24) is 0 Å². The lowest BCUT2D eigenvalue weighted by Crippen LogP contribution is -2.38. The van der Waals surface area contributed by atoms with Crippen LogP contribution in [0, 0.1) is 5.92 Å². The van der Waals surface area contributed by atoms with Crippen molar-refractivity contribution in [3.05, 3.63) is 91.0 Å². The standard InChI is InChI=1S/C33H43N3O/c1-3-4-5-6-7-8-9-19-26-32(37)36(31-24-17-12-18-25-31)27-28(2)33(34-29-20-13-10-14-21-29)35-30-22-15-11-16-23-30/h10-18,20-25,28H,3-9,19,26-27H2,1-2H3,(H,34,35). The molecule has 1 atom stereocenters. The number of nitrogens with one attached hydrogen (secondary N) is 1. The molecule has 0 heterocycles. The minimum atomic E-state index is 0.00290. The Hall–Kier alpha value is -3.40. The molecule has 3 aromatic rings. The molecule has 1 unspecified atom stereocenters. The molecule has 0 aliphatic carbocycles. The fourth-order valence-electron chi connectivity index (χ4n) is 4.44. The topological polar surface area (TPSA) is 44.7 Å². The van der Waals surface area contributed by atoms with Crippen LogP contribution in [0.3, 0.4) is 0 Å². The molecule has 4 nitrogen and oxygen atoms in total. The molecule has 37 heavy (non-hydrogen) atoms. The van der Waals surface area contributed by atoms with Crippen LogP contribution in [0.15, 0.2) is 96.0 Å². The maximum Gasteiger partial charge on any atom is 0.226 e. The molecule has 0 aliphatic rings. The van der Waals surface area contributed by atoms with Crippen LogP contribution >= 0.6 is 0 Å². The number of carbonyl (C=O) groups excluding carboxylic acids is 1. The van der Waals surface area contributed by atoms with E-state index in [-0.39, 0.29) is 11.8 Å². The monoisotopic (exact) mass is 497 g/mol. The van der Waals surface area contributed by atoms with Crippen molar-refractivity contribution >= 4 is 28.8 Å². The van der Waals surface area contributed by atoms with E-state index in [1.165, 1.54) is 38.5 Å². The highest BCUT2D eigenvalue weighted by Gasteiger charge is 2.21. The van der Waals surface area contributed by atoms with E-state index in [9.17, 15) is 4.79 Å². The van der Waals surface area contributed by atoms with Crippen LogP contribution in [0.2, 0.25) is 0 Å². The van der Waals surface area contributed by atoms with Crippen molar-refractivity contribution in [3.8, 4) is 0 Å². The lowest BCUT2D eigenvalue weighted by atomic mass is 10.1. The molecular formula is C33H43N3O. The van der Waals surface area contributed by atoms with Gasteiger partial charge in [-0.3, -0.25) is 4.79 Å². The van der Waals surface area contributed by atoms with Crippen LogP contribution in [-0.2, 0) is 4.79 Å². The van der Waals surface area contributed by atoms with E-state index in [1.807, 2.05) is 95.9 Å². The van der Waals surface area contributed by atoms with Crippen molar-refractivity contribution in [2.45, 2.75) is 71.6 Å². The van der Waals surface area contributed by atoms with Crippen LogP contribution in [-0.4, -0.2) is 18.3 Å². The average Bonchev–Trinajstić information content (AvgIpc) is 2.94. The number of amidine groups is 1. The average molecular weight is 498 g/mol. The number of benzene rings is 3. The molecule has 0 aromatic heterocycles. The summed E-state index contributed by atoms with van der Waals surface area (Å²) in [5.74, 6) is 1.03. The van der Waals surface area contributed by atoms with Gasteiger partial charge in [0.15, 0.2) is 0 Å². The number of anilines is 2. The summed E-state index contributed by atoms with van der Waals surface area (Å²) in [5.41, 5.74) is 2.82. The number of para-hydroxylation sites is 3. The SMILES string of the molecule is CCCCCCCCCCC(=O)N(CC(C)C(=Nc1ccccc1)Nc1ccccc1)c1ccccc1. The Kier molecular flexibility index (Phi) is 12.5. The zero-order valence-corrected chi connectivity index (χ0v) is 22.6. The maximum atomic E-state index is 13.5. The van der Waals surface area contributed by atoms with Gasteiger partial charge in [0, 0.05) is 30.3 Å². The Morgan fingerprint density at radius 1 is 0.757 bits per heavy atom. The van der Waals surface area contributed by atoms with E-state index < -0.39 is 0 Å². The Bertz CT molecular complexity index is 1050. The van der Waals surface area contributed by atoms with Crippen LogP contribution in [0.1, 0.15) is 71.6 Å². The second kappa shape index (κ2) is 16.4. The zero-order chi connectivity index (χ0) is 26.1. The number of rotatable bonds is 15. The second-order valence-corrected chi connectivity index (χ2v) is 9.79. The number of unbranched alkanes of at least 4 members (excludes halogenated alkanes) is 7. The molecule has 4 heteroatoms. The third-order valence-electron chi connectivity index (χ3n) is 6.59.